The molecule has 0 bridgehead atoms. The second kappa shape index (κ2) is 7.65. The molecule has 0 fully saturated rings. The van der Waals surface area contributed by atoms with Crippen molar-refractivity contribution in [1.29, 1.82) is 0 Å². The van der Waals surface area contributed by atoms with Crippen LogP contribution in [0.25, 0.3) is 6.08 Å². The van der Waals surface area contributed by atoms with Crippen LogP contribution < -0.4 is 5.32 Å². The van der Waals surface area contributed by atoms with E-state index in [9.17, 15) is 14.0 Å². The Morgan fingerprint density at radius 2 is 2.20 bits per heavy atom. The minimum Gasteiger partial charge on any atom is -0.481 e. The summed E-state index contributed by atoms with van der Waals surface area (Å²) in [6, 6.07) is 4.12. The number of carbonyl (C=O) groups excluding carboxylic acids is 1. The van der Waals surface area contributed by atoms with E-state index in [-0.39, 0.29) is 17.5 Å². The Bertz CT molecular complexity index is 531. The molecule has 1 aromatic carbocycles. The van der Waals surface area contributed by atoms with Gasteiger partial charge in [0.15, 0.2) is 0 Å². The number of halogens is 2. The zero-order valence-electron chi connectivity index (χ0n) is 10.9. The number of hydrogen-bond donors (Lipinski definition) is 2. The van der Waals surface area contributed by atoms with E-state index >= 15 is 0 Å². The fraction of sp³-hybridized carbons (Fsp3) is 0.286. The monoisotopic (exact) mass is 299 g/mol. The number of amides is 1. The molecule has 0 aliphatic heterocycles. The van der Waals surface area contributed by atoms with Crippen LogP contribution >= 0.6 is 11.6 Å². The minimum absolute atomic E-state index is 0.0113. The molecule has 2 N–H and O–H groups in total. The van der Waals surface area contributed by atoms with Crippen molar-refractivity contribution in [3.8, 4) is 0 Å². The fourth-order valence-electron chi connectivity index (χ4n) is 1.38. The summed E-state index contributed by atoms with van der Waals surface area (Å²) in [5, 5.41) is 11.2. The van der Waals surface area contributed by atoms with E-state index < -0.39 is 17.7 Å². The maximum Gasteiger partial charge on any atom is 0.306 e. The topological polar surface area (TPSA) is 66.4 Å². The predicted octanol–water partition coefficient (Wildman–Crippen LogP) is 2.72. The van der Waals surface area contributed by atoms with Gasteiger partial charge in [-0.05, 0) is 30.2 Å². The fourth-order valence-corrected chi connectivity index (χ4v) is 1.57. The normalized spacial score (nSPS) is 12.3. The van der Waals surface area contributed by atoms with E-state index in [1.54, 1.807) is 6.92 Å². The lowest BCUT2D eigenvalue weighted by atomic mass is 10.1. The standard InChI is InChI=1S/C14H15ClFNO3/c1-9(14(19)20)6-7-17-13(18)5-3-10-2-4-12(16)11(15)8-10/h2-5,8-9H,6-7H2,1H3,(H,17,18)(H,19,20)/b5-3+. The molecule has 20 heavy (non-hydrogen) atoms. The molecule has 0 aliphatic carbocycles. The number of rotatable bonds is 6. The van der Waals surface area contributed by atoms with Crippen LogP contribution in [-0.4, -0.2) is 23.5 Å². The van der Waals surface area contributed by atoms with Crippen molar-refractivity contribution in [2.24, 2.45) is 5.92 Å². The number of carboxylic acids is 1. The van der Waals surface area contributed by atoms with E-state index in [1.165, 1.54) is 30.4 Å². The molecular formula is C14H15ClFNO3. The van der Waals surface area contributed by atoms with Crippen molar-refractivity contribution in [3.05, 3.63) is 40.7 Å². The molecule has 1 unspecified atom stereocenters. The summed E-state index contributed by atoms with van der Waals surface area (Å²) < 4.78 is 12.9. The first kappa shape index (κ1) is 16.2. The maximum atomic E-state index is 12.9. The third kappa shape index (κ3) is 5.40. The van der Waals surface area contributed by atoms with Crippen LogP contribution in [-0.2, 0) is 9.59 Å². The van der Waals surface area contributed by atoms with Crippen molar-refractivity contribution in [2.45, 2.75) is 13.3 Å². The third-order valence-electron chi connectivity index (χ3n) is 2.67. The van der Waals surface area contributed by atoms with Crippen LogP contribution in [0.2, 0.25) is 5.02 Å². The van der Waals surface area contributed by atoms with E-state index in [0.29, 0.717) is 12.0 Å². The summed E-state index contributed by atoms with van der Waals surface area (Å²) >= 11 is 5.61. The van der Waals surface area contributed by atoms with Crippen molar-refractivity contribution >= 4 is 29.6 Å². The minimum atomic E-state index is -0.893. The largest absolute Gasteiger partial charge is 0.481 e. The molecule has 1 rings (SSSR count). The van der Waals surface area contributed by atoms with Crippen molar-refractivity contribution in [1.82, 2.24) is 5.32 Å². The smallest absolute Gasteiger partial charge is 0.306 e. The van der Waals surface area contributed by atoms with Gasteiger partial charge in [0.05, 0.1) is 10.9 Å². The summed E-state index contributed by atoms with van der Waals surface area (Å²) in [6.45, 7) is 1.85. The molecule has 0 aliphatic rings. The Kier molecular flexibility index (Phi) is 6.18. The van der Waals surface area contributed by atoms with Gasteiger partial charge in [0.2, 0.25) is 5.91 Å². The molecule has 1 aromatic rings. The molecule has 0 saturated carbocycles. The lowest BCUT2D eigenvalue weighted by molar-refractivity contribution is -0.141. The van der Waals surface area contributed by atoms with E-state index in [1.807, 2.05) is 0 Å². The van der Waals surface area contributed by atoms with Gasteiger partial charge >= 0.3 is 5.97 Å². The summed E-state index contributed by atoms with van der Waals surface area (Å²) in [5.74, 6) is -2.26. The van der Waals surface area contributed by atoms with Crippen LogP contribution in [0.3, 0.4) is 0 Å². The Labute approximate surface area is 121 Å². The van der Waals surface area contributed by atoms with Crippen LogP contribution in [0.1, 0.15) is 18.9 Å². The van der Waals surface area contributed by atoms with Gasteiger partial charge in [-0.25, -0.2) is 4.39 Å². The molecule has 1 amide bonds. The zero-order valence-corrected chi connectivity index (χ0v) is 11.7. The molecule has 6 heteroatoms. The van der Waals surface area contributed by atoms with Gasteiger partial charge in [-0.3, -0.25) is 9.59 Å². The lowest BCUT2D eigenvalue weighted by Crippen LogP contribution is -2.25. The molecule has 0 saturated heterocycles. The van der Waals surface area contributed by atoms with E-state index in [0.717, 1.165) is 0 Å². The second-order valence-electron chi connectivity index (χ2n) is 4.33. The lowest BCUT2D eigenvalue weighted by Gasteiger charge is -2.05. The first-order chi connectivity index (χ1) is 9.40. The number of benzene rings is 1. The van der Waals surface area contributed by atoms with Crippen molar-refractivity contribution in [3.63, 3.8) is 0 Å². The summed E-state index contributed by atoms with van der Waals surface area (Å²) in [5.41, 5.74) is 0.602. The maximum absolute atomic E-state index is 12.9. The number of hydrogen-bond acceptors (Lipinski definition) is 2. The molecule has 0 radical (unpaired) electrons. The predicted molar refractivity (Wildman–Crippen MR) is 74.9 cm³/mol. The van der Waals surface area contributed by atoms with Crippen LogP contribution in [0.5, 0.6) is 0 Å². The van der Waals surface area contributed by atoms with Gasteiger partial charge in [-0.1, -0.05) is 24.6 Å². The highest BCUT2D eigenvalue weighted by atomic mass is 35.5. The Balaban J connectivity index is 2.43. The average molecular weight is 300 g/mol. The molecule has 1 atom stereocenters. The Morgan fingerprint density at radius 1 is 1.50 bits per heavy atom. The van der Waals surface area contributed by atoms with Gasteiger partial charge in [0.1, 0.15) is 5.82 Å². The quantitative estimate of drug-likeness (QED) is 0.794. The summed E-state index contributed by atoms with van der Waals surface area (Å²) in [6.07, 6.45) is 3.15. The van der Waals surface area contributed by atoms with Gasteiger partial charge in [-0.15, -0.1) is 0 Å². The highest BCUT2D eigenvalue weighted by molar-refractivity contribution is 6.30. The summed E-state index contributed by atoms with van der Waals surface area (Å²) in [7, 11) is 0. The number of aliphatic carboxylic acids is 1. The van der Waals surface area contributed by atoms with E-state index in [2.05, 4.69) is 5.32 Å². The van der Waals surface area contributed by atoms with Crippen molar-refractivity contribution in [2.75, 3.05) is 6.54 Å². The van der Waals surface area contributed by atoms with Gasteiger partial charge in [0, 0.05) is 12.6 Å². The molecule has 0 spiro atoms. The molecule has 4 nitrogen and oxygen atoms in total. The van der Waals surface area contributed by atoms with Gasteiger partial charge < -0.3 is 10.4 Å². The second-order valence-corrected chi connectivity index (χ2v) is 4.73. The number of carboxylic acid groups (broad SMARTS) is 1. The molecule has 0 heterocycles. The molecule has 108 valence electrons. The number of carbonyl (C=O) groups is 2. The first-order valence-corrected chi connectivity index (χ1v) is 6.41. The summed E-state index contributed by atoms with van der Waals surface area (Å²) in [4.78, 5) is 22.0. The average Bonchev–Trinajstić information content (AvgIpc) is 2.40. The number of nitrogens with one attached hydrogen (secondary N) is 1. The van der Waals surface area contributed by atoms with Gasteiger partial charge in [0.25, 0.3) is 0 Å². The highest BCUT2D eigenvalue weighted by Gasteiger charge is 2.10. The van der Waals surface area contributed by atoms with Crippen LogP contribution in [0.15, 0.2) is 24.3 Å². The first-order valence-electron chi connectivity index (χ1n) is 6.04. The van der Waals surface area contributed by atoms with Crippen LogP contribution in [0, 0.1) is 11.7 Å². The Hall–Kier alpha value is -1.88. The molecular weight excluding hydrogens is 285 g/mol. The van der Waals surface area contributed by atoms with E-state index in [4.69, 9.17) is 16.7 Å². The third-order valence-corrected chi connectivity index (χ3v) is 2.96. The Morgan fingerprint density at radius 3 is 2.80 bits per heavy atom. The zero-order chi connectivity index (χ0) is 15.1. The SMILES string of the molecule is CC(CCNC(=O)/C=C/c1ccc(F)c(Cl)c1)C(=O)O. The van der Waals surface area contributed by atoms with Crippen molar-refractivity contribution < 1.29 is 19.1 Å². The van der Waals surface area contributed by atoms with Crippen LogP contribution in [0.4, 0.5) is 4.39 Å². The highest BCUT2D eigenvalue weighted by Crippen LogP contribution is 2.16. The molecule has 0 aromatic heterocycles. The van der Waals surface area contributed by atoms with Gasteiger partial charge in [-0.2, -0.15) is 0 Å².